The quantitative estimate of drug-likeness (QED) is 0.847. The van der Waals surface area contributed by atoms with E-state index in [0.717, 1.165) is 0 Å². The predicted octanol–water partition coefficient (Wildman–Crippen LogP) is 3.85. The van der Waals surface area contributed by atoms with Crippen LogP contribution in [0.3, 0.4) is 0 Å². The summed E-state index contributed by atoms with van der Waals surface area (Å²) in [6.07, 6.45) is -4.84. The third-order valence-electron chi connectivity index (χ3n) is 1.99. The van der Waals surface area contributed by atoms with Crippen LogP contribution in [0.2, 0.25) is 0 Å². The maximum absolute atomic E-state index is 12.4. The summed E-state index contributed by atoms with van der Waals surface area (Å²) in [5.74, 6) is -4.36. The second-order valence-corrected chi connectivity index (χ2v) is 5.09. The molecule has 0 spiro atoms. The van der Waals surface area contributed by atoms with Gasteiger partial charge in [-0.3, -0.25) is 4.79 Å². The van der Waals surface area contributed by atoms with Gasteiger partial charge in [0.05, 0.1) is 4.47 Å². The van der Waals surface area contributed by atoms with Crippen molar-refractivity contribution in [1.29, 1.82) is 0 Å². The number of carbonyl (C=O) groups is 1. The highest BCUT2D eigenvalue weighted by Gasteiger charge is 2.45. The van der Waals surface area contributed by atoms with Crippen molar-refractivity contribution in [2.24, 2.45) is 5.92 Å². The second-order valence-electron chi connectivity index (χ2n) is 3.32. The lowest BCUT2D eigenvalue weighted by Crippen LogP contribution is -2.35. The Kier molecular flexibility index (Phi) is 5.03. The Hall–Kier alpha value is -0.760. The smallest absolute Gasteiger partial charge is 0.405 e. The highest BCUT2D eigenvalue weighted by Crippen LogP contribution is 2.31. The van der Waals surface area contributed by atoms with Crippen LogP contribution in [0.5, 0.6) is 5.75 Å². The van der Waals surface area contributed by atoms with Gasteiger partial charge < -0.3 is 9.84 Å². The zero-order valence-corrected chi connectivity index (χ0v) is 11.8. The van der Waals surface area contributed by atoms with Crippen LogP contribution in [0.4, 0.5) is 13.2 Å². The molecule has 0 saturated carbocycles. The molecule has 0 heterocycles. The van der Waals surface area contributed by atoms with Crippen LogP contribution in [0.15, 0.2) is 27.1 Å². The van der Waals surface area contributed by atoms with Crippen molar-refractivity contribution in [2.75, 3.05) is 6.61 Å². The number of halogens is 5. The minimum absolute atomic E-state index is 0.147. The Balaban J connectivity index is 2.77. The van der Waals surface area contributed by atoms with Crippen molar-refractivity contribution < 1.29 is 27.8 Å². The molecule has 18 heavy (non-hydrogen) atoms. The highest BCUT2D eigenvalue weighted by atomic mass is 79.9. The summed E-state index contributed by atoms with van der Waals surface area (Å²) < 4.78 is 43.1. The van der Waals surface area contributed by atoms with Gasteiger partial charge in [-0.2, -0.15) is 13.2 Å². The van der Waals surface area contributed by atoms with Crippen LogP contribution in [0, 0.1) is 5.92 Å². The summed E-state index contributed by atoms with van der Waals surface area (Å²) in [6, 6.07) is 4.59. The predicted molar refractivity (Wildman–Crippen MR) is 64.5 cm³/mol. The Morgan fingerprint density at radius 1 is 1.39 bits per heavy atom. The third kappa shape index (κ3) is 4.16. The number of hydrogen-bond donors (Lipinski definition) is 1. The number of ether oxygens (including phenoxy) is 1. The summed E-state index contributed by atoms with van der Waals surface area (Å²) in [7, 11) is 0. The highest BCUT2D eigenvalue weighted by molar-refractivity contribution is 9.11. The van der Waals surface area contributed by atoms with E-state index >= 15 is 0 Å². The first-order chi connectivity index (χ1) is 8.21. The summed E-state index contributed by atoms with van der Waals surface area (Å²) in [4.78, 5) is 10.5. The molecule has 100 valence electrons. The van der Waals surface area contributed by atoms with Crippen molar-refractivity contribution in [1.82, 2.24) is 0 Å². The van der Waals surface area contributed by atoms with Crippen LogP contribution in [0.25, 0.3) is 0 Å². The van der Waals surface area contributed by atoms with Crippen molar-refractivity contribution in [3.63, 3.8) is 0 Å². The summed E-state index contributed by atoms with van der Waals surface area (Å²) in [5.41, 5.74) is 0. The normalized spacial score (nSPS) is 13.2. The van der Waals surface area contributed by atoms with E-state index in [-0.39, 0.29) is 5.75 Å². The molecule has 1 aromatic carbocycles. The molecule has 0 aromatic heterocycles. The summed E-state index contributed by atoms with van der Waals surface area (Å²) >= 11 is 6.27. The molecular weight excluding hydrogens is 385 g/mol. The SMILES string of the molecule is O=C(O)C(COc1ccc(Br)cc1Br)C(F)(F)F. The van der Waals surface area contributed by atoms with Crippen LogP contribution >= 0.6 is 31.9 Å². The van der Waals surface area contributed by atoms with E-state index < -0.39 is 24.7 Å². The number of carboxylic acid groups (broad SMARTS) is 1. The Morgan fingerprint density at radius 2 is 2.00 bits per heavy atom. The molecule has 0 saturated heterocycles. The van der Waals surface area contributed by atoms with Gasteiger partial charge in [-0.15, -0.1) is 0 Å². The van der Waals surface area contributed by atoms with E-state index in [1.807, 2.05) is 0 Å². The van der Waals surface area contributed by atoms with Gasteiger partial charge in [0.15, 0.2) is 5.92 Å². The largest absolute Gasteiger partial charge is 0.491 e. The molecule has 3 nitrogen and oxygen atoms in total. The summed E-state index contributed by atoms with van der Waals surface area (Å²) in [5, 5.41) is 8.48. The molecule has 0 aliphatic rings. The first kappa shape index (κ1) is 15.3. The topological polar surface area (TPSA) is 46.5 Å². The van der Waals surface area contributed by atoms with Gasteiger partial charge in [0, 0.05) is 4.47 Å². The maximum atomic E-state index is 12.4. The number of carboxylic acids is 1. The van der Waals surface area contributed by atoms with E-state index in [1.165, 1.54) is 6.07 Å². The molecule has 1 atom stereocenters. The minimum Gasteiger partial charge on any atom is -0.491 e. The molecule has 8 heteroatoms. The number of aliphatic carboxylic acids is 1. The van der Waals surface area contributed by atoms with E-state index in [0.29, 0.717) is 8.95 Å². The molecule has 0 amide bonds. The molecule has 0 bridgehead atoms. The molecule has 0 aliphatic heterocycles. The molecule has 1 aromatic rings. The molecule has 0 fully saturated rings. The number of benzene rings is 1. The first-order valence-electron chi connectivity index (χ1n) is 4.59. The Bertz CT molecular complexity index is 448. The van der Waals surface area contributed by atoms with Gasteiger partial charge >= 0.3 is 12.1 Å². The van der Waals surface area contributed by atoms with Crippen LogP contribution in [0.1, 0.15) is 0 Å². The molecule has 0 aliphatic carbocycles. The van der Waals surface area contributed by atoms with Gasteiger partial charge in [0.25, 0.3) is 0 Å². The minimum atomic E-state index is -4.84. The van der Waals surface area contributed by atoms with Gasteiger partial charge in [-0.05, 0) is 34.1 Å². The second kappa shape index (κ2) is 5.92. The number of hydrogen-bond acceptors (Lipinski definition) is 2. The van der Waals surface area contributed by atoms with Crippen molar-refractivity contribution >= 4 is 37.8 Å². The maximum Gasteiger partial charge on any atom is 0.405 e. The van der Waals surface area contributed by atoms with Crippen LogP contribution in [-0.4, -0.2) is 23.9 Å². The molecule has 1 rings (SSSR count). The lowest BCUT2D eigenvalue weighted by molar-refractivity contribution is -0.198. The fourth-order valence-electron chi connectivity index (χ4n) is 1.07. The third-order valence-corrected chi connectivity index (χ3v) is 3.11. The zero-order valence-electron chi connectivity index (χ0n) is 8.67. The number of rotatable bonds is 4. The average Bonchev–Trinajstić information content (AvgIpc) is 2.18. The van der Waals surface area contributed by atoms with Gasteiger partial charge in [0.1, 0.15) is 12.4 Å². The Morgan fingerprint density at radius 3 is 2.44 bits per heavy atom. The van der Waals surface area contributed by atoms with Crippen molar-refractivity contribution in [2.45, 2.75) is 6.18 Å². The lowest BCUT2D eigenvalue weighted by Gasteiger charge is -2.17. The molecule has 1 unspecified atom stereocenters. The van der Waals surface area contributed by atoms with Crippen molar-refractivity contribution in [3.8, 4) is 5.75 Å². The van der Waals surface area contributed by atoms with E-state index in [1.54, 1.807) is 12.1 Å². The van der Waals surface area contributed by atoms with E-state index in [4.69, 9.17) is 9.84 Å². The average molecular weight is 392 g/mol. The van der Waals surface area contributed by atoms with Gasteiger partial charge in [-0.25, -0.2) is 0 Å². The fraction of sp³-hybridized carbons (Fsp3) is 0.300. The van der Waals surface area contributed by atoms with E-state index in [9.17, 15) is 18.0 Å². The monoisotopic (exact) mass is 390 g/mol. The zero-order chi connectivity index (χ0) is 13.9. The molecule has 1 N–H and O–H groups in total. The van der Waals surface area contributed by atoms with Crippen molar-refractivity contribution in [3.05, 3.63) is 27.1 Å². The van der Waals surface area contributed by atoms with E-state index in [2.05, 4.69) is 31.9 Å². The Labute approximate surface area is 117 Å². The van der Waals surface area contributed by atoms with Crippen LogP contribution in [-0.2, 0) is 4.79 Å². The molecule has 0 radical (unpaired) electrons. The van der Waals surface area contributed by atoms with Gasteiger partial charge in [-0.1, -0.05) is 15.9 Å². The fourth-order valence-corrected chi connectivity index (χ4v) is 2.23. The molecular formula is C10H7Br2F3O3. The summed E-state index contributed by atoms with van der Waals surface area (Å²) in [6.45, 7) is -0.973. The standard InChI is InChI=1S/C10H7Br2F3O3/c11-5-1-2-8(7(12)3-5)18-4-6(9(16)17)10(13,14)15/h1-3,6H,4H2,(H,16,17). The van der Waals surface area contributed by atoms with Crippen LogP contribution < -0.4 is 4.74 Å². The number of alkyl halides is 3. The lowest BCUT2D eigenvalue weighted by atomic mass is 10.1. The van der Waals surface area contributed by atoms with Gasteiger partial charge in [0.2, 0.25) is 0 Å². The first-order valence-corrected chi connectivity index (χ1v) is 6.18.